The van der Waals surface area contributed by atoms with E-state index in [9.17, 15) is 9.59 Å². The molecule has 1 saturated carbocycles. The molecule has 2 fully saturated rings. The number of piperidine rings is 1. The van der Waals surface area contributed by atoms with Crippen molar-refractivity contribution < 1.29 is 23.8 Å². The molecular formula is C34H41N3O5. The van der Waals surface area contributed by atoms with Gasteiger partial charge in [0.05, 0.1) is 38.0 Å². The number of hydrogen-bond acceptors (Lipinski definition) is 7. The summed E-state index contributed by atoms with van der Waals surface area (Å²) >= 11 is 0. The van der Waals surface area contributed by atoms with E-state index in [4.69, 9.17) is 14.2 Å². The number of methoxy groups -OCH3 is 1. The van der Waals surface area contributed by atoms with Gasteiger partial charge in [-0.25, -0.2) is 4.98 Å². The van der Waals surface area contributed by atoms with Crippen molar-refractivity contribution in [1.82, 2.24) is 4.98 Å². The fraction of sp³-hybridized carbons (Fsp3) is 0.441. The summed E-state index contributed by atoms with van der Waals surface area (Å²) in [6.45, 7) is 6.42. The number of amides is 1. The van der Waals surface area contributed by atoms with Gasteiger partial charge >= 0.3 is 5.97 Å². The first-order chi connectivity index (χ1) is 20.4. The number of nitrogens with zero attached hydrogens (tertiary/aromatic N) is 2. The summed E-state index contributed by atoms with van der Waals surface area (Å²) in [5, 5.41) is 2.94. The van der Waals surface area contributed by atoms with Crippen LogP contribution in [-0.2, 0) is 9.53 Å². The van der Waals surface area contributed by atoms with Crippen LogP contribution >= 0.6 is 0 Å². The molecule has 3 aromatic rings. The first-order valence-electron chi connectivity index (χ1n) is 15.0. The van der Waals surface area contributed by atoms with Crippen molar-refractivity contribution in [3.63, 3.8) is 0 Å². The van der Waals surface area contributed by atoms with Gasteiger partial charge in [-0.05, 0) is 99.2 Å². The van der Waals surface area contributed by atoms with E-state index < -0.39 is 0 Å². The predicted octanol–water partition coefficient (Wildman–Crippen LogP) is 6.39. The first-order valence-corrected chi connectivity index (χ1v) is 15.0. The van der Waals surface area contributed by atoms with Crippen molar-refractivity contribution in [3.05, 3.63) is 77.5 Å². The Morgan fingerprint density at radius 2 is 1.79 bits per heavy atom. The summed E-state index contributed by atoms with van der Waals surface area (Å²) in [5.74, 6) is 2.92. The van der Waals surface area contributed by atoms with Crippen LogP contribution in [0.2, 0.25) is 0 Å². The highest BCUT2D eigenvalue weighted by molar-refractivity contribution is 6.08. The number of carbonyl (C=O) groups excluding carboxylic acids is 2. The van der Waals surface area contributed by atoms with E-state index in [1.54, 1.807) is 13.2 Å². The number of rotatable bonds is 12. The van der Waals surface area contributed by atoms with Gasteiger partial charge < -0.3 is 24.4 Å². The molecule has 2 aliphatic rings. The quantitative estimate of drug-likeness (QED) is 0.252. The van der Waals surface area contributed by atoms with Crippen molar-refractivity contribution >= 4 is 23.4 Å². The minimum atomic E-state index is -0.191. The number of ether oxygens (including phenoxy) is 3. The Hall–Kier alpha value is -4.07. The van der Waals surface area contributed by atoms with Gasteiger partial charge in [0.15, 0.2) is 0 Å². The molecule has 0 spiro atoms. The third-order valence-corrected chi connectivity index (χ3v) is 8.19. The van der Waals surface area contributed by atoms with E-state index in [1.165, 1.54) is 0 Å². The third-order valence-electron chi connectivity index (χ3n) is 8.19. The van der Waals surface area contributed by atoms with E-state index in [2.05, 4.69) is 27.3 Å². The molecule has 8 heteroatoms. The molecule has 1 N–H and O–H groups in total. The second kappa shape index (κ2) is 13.7. The number of benzene rings is 2. The van der Waals surface area contributed by atoms with Crippen LogP contribution in [0.3, 0.4) is 0 Å². The average Bonchev–Trinajstić information content (AvgIpc) is 3.85. The van der Waals surface area contributed by atoms with Crippen LogP contribution in [0.25, 0.3) is 0 Å². The van der Waals surface area contributed by atoms with Crippen molar-refractivity contribution in [3.8, 4) is 11.5 Å². The minimum absolute atomic E-state index is 0.129. The topological polar surface area (TPSA) is 90.0 Å². The molecule has 1 atom stereocenters. The van der Waals surface area contributed by atoms with Gasteiger partial charge in [0.25, 0.3) is 5.91 Å². The summed E-state index contributed by atoms with van der Waals surface area (Å²) in [5.41, 5.74) is 3.46. The highest BCUT2D eigenvalue weighted by atomic mass is 16.5. The van der Waals surface area contributed by atoms with E-state index in [0.29, 0.717) is 48.6 Å². The molecule has 1 unspecified atom stereocenters. The zero-order valence-corrected chi connectivity index (χ0v) is 24.8. The lowest BCUT2D eigenvalue weighted by atomic mass is 9.91. The Balaban J connectivity index is 1.19. The van der Waals surface area contributed by atoms with Gasteiger partial charge in [-0.1, -0.05) is 18.2 Å². The Labute approximate surface area is 248 Å². The number of aromatic nitrogens is 1. The largest absolute Gasteiger partial charge is 0.497 e. The fourth-order valence-electron chi connectivity index (χ4n) is 5.73. The molecule has 2 heterocycles. The van der Waals surface area contributed by atoms with Crippen molar-refractivity contribution in [2.24, 2.45) is 11.8 Å². The monoisotopic (exact) mass is 571 g/mol. The zero-order chi connectivity index (χ0) is 29.5. The normalized spacial score (nSPS) is 16.0. The lowest BCUT2D eigenvalue weighted by Crippen LogP contribution is -2.36. The predicted molar refractivity (Wildman–Crippen MR) is 164 cm³/mol. The SMILES string of the molecule is CCOC(=O)CC(c1cccc(OCC2CCN(c3cc(OC)ccc3C(=O)Nc3cccc(C)n3)CC2)c1)C1CC1. The van der Waals surface area contributed by atoms with Gasteiger partial charge in [-0.2, -0.15) is 0 Å². The maximum atomic E-state index is 13.3. The van der Waals surface area contributed by atoms with Crippen LogP contribution < -0.4 is 19.7 Å². The van der Waals surface area contributed by atoms with Gasteiger partial charge in [0.2, 0.25) is 0 Å². The molecular weight excluding hydrogens is 530 g/mol. The molecule has 42 heavy (non-hydrogen) atoms. The highest BCUT2D eigenvalue weighted by Crippen LogP contribution is 2.45. The van der Waals surface area contributed by atoms with Crippen molar-refractivity contribution in [2.75, 3.05) is 43.6 Å². The average molecular weight is 572 g/mol. The summed E-state index contributed by atoms with van der Waals surface area (Å²) in [4.78, 5) is 32.1. The van der Waals surface area contributed by atoms with Gasteiger partial charge in [-0.15, -0.1) is 0 Å². The molecule has 1 aliphatic carbocycles. The van der Waals surface area contributed by atoms with Crippen LogP contribution in [0.5, 0.6) is 11.5 Å². The van der Waals surface area contributed by atoms with Gasteiger partial charge in [0, 0.05) is 24.8 Å². The Kier molecular flexibility index (Phi) is 9.62. The summed E-state index contributed by atoms with van der Waals surface area (Å²) < 4.78 is 17.0. The molecule has 0 radical (unpaired) electrons. The van der Waals surface area contributed by atoms with Crippen LogP contribution in [-0.4, -0.2) is 50.3 Å². The van der Waals surface area contributed by atoms with Gasteiger partial charge in [0.1, 0.15) is 17.3 Å². The zero-order valence-electron chi connectivity index (χ0n) is 24.8. The van der Waals surface area contributed by atoms with Crippen LogP contribution in [0.1, 0.15) is 66.6 Å². The maximum Gasteiger partial charge on any atom is 0.306 e. The number of anilines is 2. The van der Waals surface area contributed by atoms with Gasteiger partial charge in [-0.3, -0.25) is 9.59 Å². The lowest BCUT2D eigenvalue weighted by molar-refractivity contribution is -0.143. The van der Waals surface area contributed by atoms with E-state index in [-0.39, 0.29) is 17.8 Å². The molecule has 0 bridgehead atoms. The van der Waals surface area contributed by atoms with Crippen molar-refractivity contribution in [1.29, 1.82) is 0 Å². The Morgan fingerprint density at radius 1 is 1.00 bits per heavy atom. The summed E-state index contributed by atoms with van der Waals surface area (Å²) in [6.07, 6.45) is 4.64. The number of carbonyl (C=O) groups is 2. The molecule has 1 saturated heterocycles. The Bertz CT molecular complexity index is 1380. The van der Waals surface area contributed by atoms with Crippen LogP contribution in [0, 0.1) is 18.8 Å². The maximum absolute atomic E-state index is 13.3. The summed E-state index contributed by atoms with van der Waals surface area (Å²) in [6, 6.07) is 19.4. The van der Waals surface area contributed by atoms with Crippen molar-refractivity contribution in [2.45, 2.75) is 51.9 Å². The first kappa shape index (κ1) is 29.4. The fourth-order valence-corrected chi connectivity index (χ4v) is 5.73. The number of aryl methyl sites for hydroxylation is 1. The smallest absolute Gasteiger partial charge is 0.306 e. The molecule has 5 rings (SSSR count). The van der Waals surface area contributed by atoms with Crippen LogP contribution in [0.4, 0.5) is 11.5 Å². The number of pyridine rings is 1. The van der Waals surface area contributed by atoms with E-state index >= 15 is 0 Å². The minimum Gasteiger partial charge on any atom is -0.497 e. The number of hydrogen-bond donors (Lipinski definition) is 1. The van der Waals surface area contributed by atoms with E-state index in [0.717, 1.165) is 61.5 Å². The highest BCUT2D eigenvalue weighted by Gasteiger charge is 2.34. The number of nitrogens with one attached hydrogen (secondary N) is 1. The molecule has 1 aromatic heterocycles. The molecule has 1 aliphatic heterocycles. The third kappa shape index (κ3) is 7.60. The number of esters is 1. The standard InChI is InChI=1S/C34H41N3O5/c1-4-41-33(38)21-30(25-11-12-25)26-8-6-9-28(19-26)42-22-24-15-17-37(18-16-24)31-20-27(40-3)13-14-29(31)34(39)36-32-10-5-7-23(2)35-32/h5-10,13-14,19-20,24-25,30H,4,11-12,15-18,21-22H2,1-3H3,(H,35,36,39). The second-order valence-electron chi connectivity index (χ2n) is 11.3. The molecule has 2 aromatic carbocycles. The Morgan fingerprint density at radius 3 is 2.50 bits per heavy atom. The molecule has 8 nitrogen and oxygen atoms in total. The van der Waals surface area contributed by atoms with E-state index in [1.807, 2.05) is 56.3 Å². The molecule has 222 valence electrons. The second-order valence-corrected chi connectivity index (χ2v) is 11.3. The lowest BCUT2D eigenvalue weighted by Gasteiger charge is -2.34. The summed E-state index contributed by atoms with van der Waals surface area (Å²) in [7, 11) is 1.64. The molecule has 1 amide bonds. The van der Waals surface area contributed by atoms with Crippen LogP contribution in [0.15, 0.2) is 60.7 Å².